The minimum absolute atomic E-state index is 0.0680. The van der Waals surface area contributed by atoms with Crippen molar-refractivity contribution in [2.75, 3.05) is 26.2 Å². The largest absolute Gasteiger partial charge is 0.390 e. The summed E-state index contributed by atoms with van der Waals surface area (Å²) in [6.07, 6.45) is 2.02. The molecule has 0 radical (unpaired) electrons. The van der Waals surface area contributed by atoms with Crippen molar-refractivity contribution in [3.8, 4) is 0 Å². The Morgan fingerprint density at radius 1 is 1.08 bits per heavy atom. The Kier molecular flexibility index (Phi) is 5.56. The van der Waals surface area contributed by atoms with E-state index in [4.69, 9.17) is 0 Å². The van der Waals surface area contributed by atoms with Crippen LogP contribution in [0, 0.1) is 0 Å². The topological polar surface area (TPSA) is 56.7 Å². The van der Waals surface area contributed by atoms with Gasteiger partial charge in [0.1, 0.15) is 0 Å². The number of hydrogen-bond acceptors (Lipinski definition) is 4. The lowest BCUT2D eigenvalue weighted by Gasteiger charge is -2.22. The highest BCUT2D eigenvalue weighted by molar-refractivity contribution is 5.78. The van der Waals surface area contributed by atoms with Gasteiger partial charge >= 0.3 is 0 Å². The summed E-state index contributed by atoms with van der Waals surface area (Å²) in [5.41, 5.74) is 2.12. The van der Waals surface area contributed by atoms with E-state index in [1.165, 1.54) is 5.56 Å². The third kappa shape index (κ3) is 4.63. The monoisotopic (exact) mass is 325 g/mol. The first-order valence-corrected chi connectivity index (χ1v) is 8.33. The minimum atomic E-state index is -0.532. The van der Waals surface area contributed by atoms with Crippen molar-refractivity contribution in [2.45, 2.75) is 19.1 Å². The summed E-state index contributed by atoms with van der Waals surface area (Å²) in [7, 11) is 0. The van der Waals surface area contributed by atoms with Crippen LogP contribution in [0.3, 0.4) is 0 Å². The molecule has 1 amide bonds. The highest BCUT2D eigenvalue weighted by Crippen LogP contribution is 2.10. The van der Waals surface area contributed by atoms with Crippen LogP contribution in [0.25, 0.3) is 0 Å². The van der Waals surface area contributed by atoms with E-state index in [9.17, 15) is 9.90 Å². The molecule has 126 valence electrons. The predicted octanol–water partition coefficient (Wildman–Crippen LogP) is 1.33. The first kappa shape index (κ1) is 16.6. The number of aliphatic hydroxyl groups is 1. The molecule has 1 aliphatic rings. The van der Waals surface area contributed by atoms with Crippen molar-refractivity contribution in [3.05, 3.63) is 66.0 Å². The van der Waals surface area contributed by atoms with E-state index in [1.54, 1.807) is 11.1 Å². The summed E-state index contributed by atoms with van der Waals surface area (Å²) in [4.78, 5) is 20.6. The normalized spacial score (nSPS) is 19.3. The number of aliphatic hydroxyl groups excluding tert-OH is 1. The van der Waals surface area contributed by atoms with Crippen LogP contribution in [0.15, 0.2) is 54.7 Å². The number of carbonyl (C=O) groups is 1. The molecule has 1 aliphatic heterocycles. The molecule has 1 unspecified atom stereocenters. The fourth-order valence-electron chi connectivity index (χ4n) is 3.03. The Hall–Kier alpha value is -2.24. The quantitative estimate of drug-likeness (QED) is 0.901. The summed E-state index contributed by atoms with van der Waals surface area (Å²) in [6.45, 7) is 2.42. The van der Waals surface area contributed by atoms with Gasteiger partial charge in [0, 0.05) is 32.4 Å². The van der Waals surface area contributed by atoms with Crippen LogP contribution < -0.4 is 0 Å². The summed E-state index contributed by atoms with van der Waals surface area (Å²) in [5, 5.41) is 10.3. The maximum atomic E-state index is 12.5. The van der Waals surface area contributed by atoms with Crippen LogP contribution >= 0.6 is 0 Å². The molecule has 5 nitrogen and oxygen atoms in total. The molecular weight excluding hydrogens is 302 g/mol. The predicted molar refractivity (Wildman–Crippen MR) is 92.2 cm³/mol. The zero-order chi connectivity index (χ0) is 16.8. The number of aromatic nitrogens is 1. The highest BCUT2D eigenvalue weighted by atomic mass is 16.3. The second kappa shape index (κ2) is 8.04. The molecule has 0 saturated carbocycles. The van der Waals surface area contributed by atoms with Crippen molar-refractivity contribution in [3.63, 3.8) is 0 Å². The van der Waals surface area contributed by atoms with Gasteiger partial charge in [-0.2, -0.15) is 0 Å². The van der Waals surface area contributed by atoms with Gasteiger partial charge in [-0.3, -0.25) is 14.7 Å². The van der Waals surface area contributed by atoms with Gasteiger partial charge in [0.05, 0.1) is 18.3 Å². The van der Waals surface area contributed by atoms with E-state index in [1.807, 2.05) is 41.3 Å². The molecule has 2 heterocycles. The van der Waals surface area contributed by atoms with Crippen LogP contribution in [0.1, 0.15) is 11.3 Å². The number of rotatable bonds is 5. The average molecular weight is 325 g/mol. The van der Waals surface area contributed by atoms with E-state index in [-0.39, 0.29) is 5.91 Å². The Labute approximate surface area is 142 Å². The zero-order valence-electron chi connectivity index (χ0n) is 13.7. The maximum absolute atomic E-state index is 12.5. The fraction of sp³-hybridized carbons (Fsp3) is 0.368. The van der Waals surface area contributed by atoms with Crippen LogP contribution in [-0.4, -0.2) is 58.1 Å². The van der Waals surface area contributed by atoms with E-state index in [2.05, 4.69) is 17.1 Å². The van der Waals surface area contributed by atoms with Crippen LogP contribution in [0.2, 0.25) is 0 Å². The van der Waals surface area contributed by atoms with Crippen molar-refractivity contribution in [1.29, 1.82) is 0 Å². The Morgan fingerprint density at radius 2 is 1.88 bits per heavy atom. The number of hydrogen-bond donors (Lipinski definition) is 1. The van der Waals surface area contributed by atoms with Gasteiger partial charge in [-0.1, -0.05) is 36.4 Å². The van der Waals surface area contributed by atoms with Crippen molar-refractivity contribution in [1.82, 2.24) is 14.8 Å². The van der Waals surface area contributed by atoms with E-state index < -0.39 is 6.10 Å². The number of β-amino-alcohol motifs (C(OH)–C–C–N with tert-alkyl or cyclic N) is 1. The molecule has 2 aromatic rings. The van der Waals surface area contributed by atoms with Crippen LogP contribution in [0.4, 0.5) is 0 Å². The molecule has 0 bridgehead atoms. The van der Waals surface area contributed by atoms with Gasteiger partial charge in [-0.25, -0.2) is 0 Å². The van der Waals surface area contributed by atoms with Crippen LogP contribution in [0.5, 0.6) is 0 Å². The summed E-state index contributed by atoms with van der Waals surface area (Å²) in [5.74, 6) is 0.0680. The Morgan fingerprint density at radius 3 is 2.62 bits per heavy atom. The van der Waals surface area contributed by atoms with Gasteiger partial charge < -0.3 is 10.0 Å². The number of carbonyl (C=O) groups excluding carboxylic acids is 1. The average Bonchev–Trinajstić information content (AvgIpc) is 2.72. The lowest BCUT2D eigenvalue weighted by Crippen LogP contribution is -2.38. The van der Waals surface area contributed by atoms with Crippen molar-refractivity contribution < 1.29 is 9.90 Å². The summed E-state index contributed by atoms with van der Waals surface area (Å²) < 4.78 is 0. The molecule has 1 aromatic carbocycles. The maximum Gasteiger partial charge on any atom is 0.236 e. The van der Waals surface area contributed by atoms with Gasteiger partial charge in [0.2, 0.25) is 5.91 Å². The molecule has 1 atom stereocenters. The van der Waals surface area contributed by atoms with Crippen molar-refractivity contribution >= 4 is 5.91 Å². The standard InChI is InChI=1S/C19H23N3O2/c23-18-13-21(12-17-8-4-5-10-20-17)15-19(24)22(14-18)11-9-16-6-2-1-3-7-16/h1-8,10,18,23H,9,11-15H2. The zero-order valence-corrected chi connectivity index (χ0v) is 13.7. The third-order valence-corrected chi connectivity index (χ3v) is 4.24. The highest BCUT2D eigenvalue weighted by Gasteiger charge is 2.26. The second-order valence-electron chi connectivity index (χ2n) is 6.22. The van der Waals surface area contributed by atoms with Gasteiger partial charge in [-0.15, -0.1) is 0 Å². The van der Waals surface area contributed by atoms with Crippen molar-refractivity contribution in [2.24, 2.45) is 0 Å². The first-order valence-electron chi connectivity index (χ1n) is 8.33. The molecule has 3 rings (SSSR count). The first-order chi connectivity index (χ1) is 11.7. The fourth-order valence-corrected chi connectivity index (χ4v) is 3.03. The molecule has 1 fully saturated rings. The molecule has 1 saturated heterocycles. The Bertz CT molecular complexity index is 648. The lowest BCUT2D eigenvalue weighted by atomic mass is 10.1. The Balaban J connectivity index is 1.59. The molecule has 1 aromatic heterocycles. The number of nitrogens with zero attached hydrogens (tertiary/aromatic N) is 3. The molecule has 24 heavy (non-hydrogen) atoms. The molecule has 1 N–H and O–H groups in total. The molecule has 0 aliphatic carbocycles. The number of pyridine rings is 1. The number of benzene rings is 1. The minimum Gasteiger partial charge on any atom is -0.390 e. The molecule has 5 heteroatoms. The van der Waals surface area contributed by atoms with Gasteiger partial charge in [0.15, 0.2) is 0 Å². The second-order valence-corrected chi connectivity index (χ2v) is 6.22. The summed E-state index contributed by atoms with van der Waals surface area (Å²) in [6, 6.07) is 15.9. The van der Waals surface area contributed by atoms with E-state index in [0.717, 1.165) is 12.1 Å². The summed E-state index contributed by atoms with van der Waals surface area (Å²) >= 11 is 0. The lowest BCUT2D eigenvalue weighted by molar-refractivity contribution is -0.131. The van der Waals surface area contributed by atoms with Gasteiger partial charge in [-0.05, 0) is 24.1 Å². The van der Waals surface area contributed by atoms with E-state index >= 15 is 0 Å². The van der Waals surface area contributed by atoms with Gasteiger partial charge in [0.25, 0.3) is 0 Å². The van der Waals surface area contributed by atoms with Crippen LogP contribution in [-0.2, 0) is 17.8 Å². The SMILES string of the molecule is O=C1CN(Cc2ccccn2)CC(O)CN1CCc1ccccc1. The third-order valence-electron chi connectivity index (χ3n) is 4.24. The molecule has 0 spiro atoms. The van der Waals surface area contributed by atoms with E-state index in [0.29, 0.717) is 32.7 Å². The smallest absolute Gasteiger partial charge is 0.236 e. The molecular formula is C19H23N3O2. The number of amides is 1.